The van der Waals surface area contributed by atoms with E-state index in [1.54, 1.807) is 0 Å². The minimum atomic E-state index is 0. The van der Waals surface area contributed by atoms with Crippen LogP contribution in [0.5, 0.6) is 5.88 Å². The zero-order valence-corrected chi connectivity index (χ0v) is 11.7. The molecule has 0 saturated heterocycles. The van der Waals surface area contributed by atoms with E-state index < -0.39 is 0 Å². The fraction of sp³-hybridized carbons (Fsp3) is 0.545. The molecule has 1 aromatic rings. The summed E-state index contributed by atoms with van der Waals surface area (Å²) in [6.07, 6.45) is 2.87. The zero-order valence-electron chi connectivity index (χ0n) is 9.59. The maximum absolute atomic E-state index is 5.37. The zero-order chi connectivity index (χ0) is 11.5. The number of hydrogen-bond acceptors (Lipinski definition) is 3. The maximum atomic E-state index is 5.37. The smallest absolute Gasteiger partial charge is 0.213 e. The molecule has 0 radical (unpaired) electrons. The fourth-order valence-electron chi connectivity index (χ4n) is 0.900. The largest absolute Gasteiger partial charge is 0.476 e. The van der Waals surface area contributed by atoms with Crippen LogP contribution in [0.1, 0.15) is 27.8 Å². The standard InChI is InChI=1S/C9H13IN2O.C2H6.H2/c1-2-8-3-4-9(11-7-8)13-6-5-12-10;1-2;/h3-4,7,12H,2,5-6H2,1H3;1-2H3;1H. The van der Waals surface area contributed by atoms with Crippen LogP contribution in [0.25, 0.3) is 0 Å². The highest BCUT2D eigenvalue weighted by Gasteiger charge is 1.94. The van der Waals surface area contributed by atoms with Gasteiger partial charge >= 0.3 is 0 Å². The van der Waals surface area contributed by atoms with Gasteiger partial charge in [-0.05, 0) is 12.0 Å². The maximum Gasteiger partial charge on any atom is 0.213 e. The summed E-state index contributed by atoms with van der Waals surface area (Å²) >= 11 is 2.09. The molecule has 88 valence electrons. The number of rotatable bonds is 5. The lowest BCUT2D eigenvalue weighted by molar-refractivity contribution is 0.313. The Morgan fingerprint density at radius 3 is 2.67 bits per heavy atom. The second-order valence-corrected chi connectivity index (χ2v) is 3.35. The lowest BCUT2D eigenvalue weighted by Gasteiger charge is -2.04. The lowest BCUT2D eigenvalue weighted by atomic mass is 10.2. The van der Waals surface area contributed by atoms with Crippen LogP contribution in [0, 0.1) is 0 Å². The van der Waals surface area contributed by atoms with Crippen molar-refractivity contribution >= 4 is 22.9 Å². The molecular weight excluding hydrogens is 303 g/mol. The first-order chi connectivity index (χ1) is 7.36. The molecule has 1 rings (SSSR count). The number of nitrogens with zero attached hydrogens (tertiary/aromatic N) is 1. The molecule has 1 heterocycles. The van der Waals surface area contributed by atoms with E-state index in [2.05, 4.69) is 38.3 Å². The summed E-state index contributed by atoms with van der Waals surface area (Å²) in [5.74, 6) is 0.698. The summed E-state index contributed by atoms with van der Waals surface area (Å²) in [7, 11) is 0. The van der Waals surface area contributed by atoms with Crippen molar-refractivity contribution in [2.24, 2.45) is 0 Å². The van der Waals surface area contributed by atoms with E-state index in [1.165, 1.54) is 5.56 Å². The summed E-state index contributed by atoms with van der Waals surface area (Å²) in [4.78, 5) is 4.17. The Morgan fingerprint density at radius 1 is 1.47 bits per heavy atom. The number of nitrogens with one attached hydrogen (secondary N) is 1. The van der Waals surface area contributed by atoms with Crippen LogP contribution in [0.15, 0.2) is 18.3 Å². The number of hydrogen-bond donors (Lipinski definition) is 1. The molecule has 3 nitrogen and oxygen atoms in total. The van der Waals surface area contributed by atoms with Gasteiger partial charge in [-0.1, -0.05) is 26.8 Å². The number of ether oxygens (including phenoxy) is 1. The molecule has 0 amide bonds. The predicted molar refractivity (Wildman–Crippen MR) is 74.6 cm³/mol. The van der Waals surface area contributed by atoms with Gasteiger partial charge in [0.25, 0.3) is 0 Å². The quantitative estimate of drug-likeness (QED) is 0.513. The van der Waals surface area contributed by atoms with Crippen molar-refractivity contribution in [3.05, 3.63) is 23.9 Å². The summed E-state index contributed by atoms with van der Waals surface area (Å²) in [6.45, 7) is 7.59. The molecule has 1 aromatic heterocycles. The van der Waals surface area contributed by atoms with E-state index >= 15 is 0 Å². The van der Waals surface area contributed by atoms with Gasteiger partial charge in [-0.3, -0.25) is 3.53 Å². The van der Waals surface area contributed by atoms with Crippen LogP contribution >= 0.6 is 22.9 Å². The lowest BCUT2D eigenvalue weighted by Crippen LogP contribution is -2.11. The highest BCUT2D eigenvalue weighted by molar-refractivity contribution is 14.1. The Morgan fingerprint density at radius 2 is 2.20 bits per heavy atom. The van der Waals surface area contributed by atoms with Crippen LogP contribution in [-0.2, 0) is 6.42 Å². The molecule has 0 saturated carbocycles. The van der Waals surface area contributed by atoms with Gasteiger partial charge in [0.1, 0.15) is 6.61 Å². The van der Waals surface area contributed by atoms with Gasteiger partial charge < -0.3 is 4.74 Å². The number of aromatic nitrogens is 1. The highest BCUT2D eigenvalue weighted by atomic mass is 127. The third kappa shape index (κ3) is 6.67. The van der Waals surface area contributed by atoms with Crippen LogP contribution in [0.2, 0.25) is 0 Å². The van der Waals surface area contributed by atoms with Crippen molar-refractivity contribution in [3.63, 3.8) is 0 Å². The number of aryl methyl sites for hydroxylation is 1. The van der Waals surface area contributed by atoms with E-state index in [0.29, 0.717) is 12.5 Å². The molecule has 4 heteroatoms. The van der Waals surface area contributed by atoms with E-state index in [1.807, 2.05) is 32.2 Å². The van der Waals surface area contributed by atoms with Gasteiger partial charge in [0.05, 0.1) is 0 Å². The van der Waals surface area contributed by atoms with E-state index in [9.17, 15) is 0 Å². The van der Waals surface area contributed by atoms with E-state index in [0.717, 1.165) is 13.0 Å². The van der Waals surface area contributed by atoms with Gasteiger partial charge in [0.15, 0.2) is 0 Å². The molecule has 15 heavy (non-hydrogen) atoms. The minimum Gasteiger partial charge on any atom is -0.476 e. The first kappa shape index (κ1) is 14.6. The van der Waals surface area contributed by atoms with Crippen LogP contribution < -0.4 is 8.27 Å². The third-order valence-corrected chi connectivity index (χ3v) is 2.19. The third-order valence-electron chi connectivity index (χ3n) is 1.65. The summed E-state index contributed by atoms with van der Waals surface area (Å²) in [6, 6.07) is 3.95. The van der Waals surface area contributed by atoms with Gasteiger partial charge in [-0.25, -0.2) is 4.98 Å². The Bertz CT molecular complexity index is 244. The average Bonchev–Trinajstić information content (AvgIpc) is 2.33. The molecule has 0 aliphatic carbocycles. The van der Waals surface area contributed by atoms with E-state index in [-0.39, 0.29) is 1.43 Å². The van der Waals surface area contributed by atoms with Gasteiger partial charge in [-0.15, -0.1) is 0 Å². The monoisotopic (exact) mass is 324 g/mol. The van der Waals surface area contributed by atoms with Crippen molar-refractivity contribution in [3.8, 4) is 5.88 Å². The number of halogens is 1. The van der Waals surface area contributed by atoms with Crippen molar-refractivity contribution in [2.75, 3.05) is 13.2 Å². The van der Waals surface area contributed by atoms with Gasteiger partial charge in [0.2, 0.25) is 5.88 Å². The van der Waals surface area contributed by atoms with Crippen LogP contribution in [-0.4, -0.2) is 18.1 Å². The molecule has 0 aliphatic heterocycles. The van der Waals surface area contributed by atoms with Crippen molar-refractivity contribution in [1.29, 1.82) is 0 Å². The summed E-state index contributed by atoms with van der Waals surface area (Å²) in [5.41, 5.74) is 1.24. The molecule has 0 spiro atoms. The van der Waals surface area contributed by atoms with Gasteiger partial charge in [0, 0.05) is 43.1 Å². The predicted octanol–water partition coefficient (Wildman–Crippen LogP) is 3.23. The Kier molecular flexibility index (Phi) is 9.92. The molecule has 0 aliphatic rings. The molecular formula is C11H21IN2O. The second-order valence-electron chi connectivity index (χ2n) is 2.59. The first-order valence-electron chi connectivity index (χ1n) is 5.28. The molecule has 0 unspecified atom stereocenters. The summed E-state index contributed by atoms with van der Waals surface area (Å²) < 4.78 is 8.35. The topological polar surface area (TPSA) is 34.1 Å². The van der Waals surface area contributed by atoms with Crippen molar-refractivity contribution in [1.82, 2.24) is 8.51 Å². The van der Waals surface area contributed by atoms with Crippen LogP contribution in [0.4, 0.5) is 0 Å². The van der Waals surface area contributed by atoms with Gasteiger partial charge in [-0.2, -0.15) is 0 Å². The molecule has 1 N–H and O–H groups in total. The molecule has 0 fully saturated rings. The Hall–Kier alpha value is -0.360. The Labute approximate surface area is 108 Å². The second kappa shape index (κ2) is 10.2. The molecule has 0 bridgehead atoms. The Balaban J connectivity index is 0. The highest BCUT2D eigenvalue weighted by Crippen LogP contribution is 2.07. The summed E-state index contributed by atoms with van der Waals surface area (Å²) in [5, 5.41) is 0. The fourth-order valence-corrected chi connectivity index (χ4v) is 1.12. The average molecular weight is 324 g/mol. The van der Waals surface area contributed by atoms with Crippen molar-refractivity contribution < 1.29 is 6.16 Å². The van der Waals surface area contributed by atoms with Crippen LogP contribution in [0.3, 0.4) is 0 Å². The molecule has 0 atom stereocenters. The SMILES string of the molecule is CC.CCc1ccc(OCCNI)nc1.[HH]. The first-order valence-corrected chi connectivity index (χ1v) is 6.36. The van der Waals surface area contributed by atoms with E-state index in [4.69, 9.17) is 4.74 Å². The minimum absolute atomic E-state index is 0. The van der Waals surface area contributed by atoms with Crippen molar-refractivity contribution in [2.45, 2.75) is 27.2 Å². The molecule has 0 aromatic carbocycles. The number of pyridine rings is 1. The normalized spacial score (nSPS) is 9.07.